The first kappa shape index (κ1) is 16.9. The molecule has 1 aromatic carbocycles. The maximum Gasteiger partial charge on any atom is 0.265 e. The van der Waals surface area contributed by atoms with Gasteiger partial charge in [0.25, 0.3) is 5.91 Å². The lowest BCUT2D eigenvalue weighted by Crippen LogP contribution is -2.28. The molecule has 4 N–H and O–H groups in total. The standard InChI is InChI=1S/C15H20N4O3S/c1-9-13(16)14(23-19-9)15(20)18-5-4-17-10-6-11(21-2)8-12(7-10)22-3/h6-8,17H,4-5,16H2,1-3H3,(H,18,20). The van der Waals surface area contributed by atoms with Crippen molar-refractivity contribution in [3.05, 3.63) is 28.8 Å². The predicted molar refractivity (Wildman–Crippen MR) is 91.6 cm³/mol. The number of anilines is 2. The Labute approximate surface area is 139 Å². The van der Waals surface area contributed by atoms with Crippen LogP contribution in [0.3, 0.4) is 0 Å². The predicted octanol–water partition coefficient (Wildman–Crippen LogP) is 1.89. The molecule has 2 aromatic rings. The average molecular weight is 336 g/mol. The summed E-state index contributed by atoms with van der Waals surface area (Å²) in [5.41, 5.74) is 7.78. The van der Waals surface area contributed by atoms with E-state index in [1.54, 1.807) is 27.2 Å². The first-order valence-electron chi connectivity index (χ1n) is 7.02. The quantitative estimate of drug-likeness (QED) is 0.668. The highest BCUT2D eigenvalue weighted by Crippen LogP contribution is 2.25. The Balaban J connectivity index is 1.86. The van der Waals surface area contributed by atoms with E-state index in [1.165, 1.54) is 0 Å². The van der Waals surface area contributed by atoms with Crippen molar-refractivity contribution in [1.82, 2.24) is 9.69 Å². The van der Waals surface area contributed by atoms with Gasteiger partial charge in [-0.05, 0) is 18.5 Å². The molecule has 7 nitrogen and oxygen atoms in total. The largest absolute Gasteiger partial charge is 0.497 e. The van der Waals surface area contributed by atoms with E-state index in [0.29, 0.717) is 40.8 Å². The Bertz CT molecular complexity index is 665. The fourth-order valence-corrected chi connectivity index (χ4v) is 2.64. The zero-order valence-corrected chi connectivity index (χ0v) is 14.1. The Morgan fingerprint density at radius 1 is 1.22 bits per heavy atom. The van der Waals surface area contributed by atoms with E-state index in [2.05, 4.69) is 15.0 Å². The molecule has 0 saturated heterocycles. The third kappa shape index (κ3) is 4.26. The Hall–Kier alpha value is -2.48. The van der Waals surface area contributed by atoms with Crippen molar-refractivity contribution in [2.24, 2.45) is 0 Å². The minimum Gasteiger partial charge on any atom is -0.497 e. The number of nitrogens with two attached hydrogens (primary N) is 1. The van der Waals surface area contributed by atoms with Crippen LogP contribution in [0.5, 0.6) is 11.5 Å². The maximum atomic E-state index is 12.0. The highest BCUT2D eigenvalue weighted by Gasteiger charge is 2.14. The summed E-state index contributed by atoms with van der Waals surface area (Å²) >= 11 is 1.11. The van der Waals surface area contributed by atoms with Gasteiger partial charge in [0.2, 0.25) is 0 Å². The first-order chi connectivity index (χ1) is 11.0. The van der Waals surface area contributed by atoms with E-state index in [9.17, 15) is 4.79 Å². The van der Waals surface area contributed by atoms with Gasteiger partial charge in [0.05, 0.1) is 25.6 Å². The van der Waals surface area contributed by atoms with Crippen LogP contribution < -0.4 is 25.8 Å². The number of hydrogen-bond donors (Lipinski definition) is 3. The first-order valence-corrected chi connectivity index (χ1v) is 7.79. The lowest BCUT2D eigenvalue weighted by atomic mass is 10.2. The van der Waals surface area contributed by atoms with E-state index in [4.69, 9.17) is 15.2 Å². The molecule has 0 saturated carbocycles. The second-order valence-electron chi connectivity index (χ2n) is 4.79. The summed E-state index contributed by atoms with van der Waals surface area (Å²) in [6.45, 7) is 2.79. The molecule has 124 valence electrons. The maximum absolute atomic E-state index is 12.0. The van der Waals surface area contributed by atoms with Crippen LogP contribution in [0.4, 0.5) is 11.4 Å². The molecule has 1 amide bonds. The van der Waals surface area contributed by atoms with Crippen molar-refractivity contribution < 1.29 is 14.3 Å². The molecule has 1 aromatic heterocycles. The van der Waals surface area contributed by atoms with Crippen molar-refractivity contribution in [2.45, 2.75) is 6.92 Å². The molecule has 0 aliphatic heterocycles. The van der Waals surface area contributed by atoms with Crippen LogP contribution in [-0.2, 0) is 0 Å². The van der Waals surface area contributed by atoms with Crippen LogP contribution >= 0.6 is 11.5 Å². The lowest BCUT2D eigenvalue weighted by Gasteiger charge is -2.11. The topological polar surface area (TPSA) is 98.5 Å². The van der Waals surface area contributed by atoms with Crippen molar-refractivity contribution in [2.75, 3.05) is 38.4 Å². The van der Waals surface area contributed by atoms with E-state index >= 15 is 0 Å². The summed E-state index contributed by atoms with van der Waals surface area (Å²) in [5.74, 6) is 1.19. The van der Waals surface area contributed by atoms with Crippen molar-refractivity contribution in [3.63, 3.8) is 0 Å². The van der Waals surface area contributed by atoms with E-state index < -0.39 is 0 Å². The Kier molecular flexibility index (Phi) is 5.64. The van der Waals surface area contributed by atoms with Gasteiger partial charge in [-0.15, -0.1) is 0 Å². The summed E-state index contributed by atoms with van der Waals surface area (Å²) in [5, 5.41) is 6.01. The van der Waals surface area contributed by atoms with Crippen molar-refractivity contribution in [1.29, 1.82) is 0 Å². The number of carbonyl (C=O) groups is 1. The molecule has 0 atom stereocenters. The summed E-state index contributed by atoms with van der Waals surface area (Å²) < 4.78 is 14.5. The van der Waals surface area contributed by atoms with Gasteiger partial charge in [-0.1, -0.05) is 0 Å². The number of nitrogens with zero attached hydrogens (tertiary/aromatic N) is 1. The van der Waals surface area contributed by atoms with Crippen molar-refractivity contribution >= 4 is 28.8 Å². The van der Waals surface area contributed by atoms with Crippen LogP contribution in [0, 0.1) is 6.92 Å². The van der Waals surface area contributed by atoms with Gasteiger partial charge in [-0.3, -0.25) is 4.79 Å². The normalized spacial score (nSPS) is 10.2. The SMILES string of the molecule is COc1cc(NCCNC(=O)c2snc(C)c2N)cc(OC)c1. The van der Waals surface area contributed by atoms with Gasteiger partial charge in [0.1, 0.15) is 16.4 Å². The summed E-state index contributed by atoms with van der Waals surface area (Å²) in [6.07, 6.45) is 0. The number of hydrogen-bond acceptors (Lipinski definition) is 7. The summed E-state index contributed by atoms with van der Waals surface area (Å²) in [6, 6.07) is 5.51. The molecule has 0 aliphatic carbocycles. The fourth-order valence-electron chi connectivity index (χ4n) is 1.91. The highest BCUT2D eigenvalue weighted by molar-refractivity contribution is 7.08. The number of amides is 1. The number of aromatic nitrogens is 1. The Morgan fingerprint density at radius 2 is 1.87 bits per heavy atom. The van der Waals surface area contributed by atoms with Crippen LogP contribution in [-0.4, -0.2) is 37.6 Å². The number of methoxy groups -OCH3 is 2. The number of benzene rings is 1. The molecule has 8 heteroatoms. The van der Waals surface area contributed by atoms with Crippen LogP contribution in [0.1, 0.15) is 15.4 Å². The zero-order valence-electron chi connectivity index (χ0n) is 13.3. The van der Waals surface area contributed by atoms with Gasteiger partial charge < -0.3 is 25.8 Å². The smallest absolute Gasteiger partial charge is 0.265 e. The minimum atomic E-state index is -0.210. The molecule has 0 aliphatic rings. The van der Waals surface area contributed by atoms with Gasteiger partial charge in [0.15, 0.2) is 0 Å². The molecule has 23 heavy (non-hydrogen) atoms. The molecular weight excluding hydrogens is 316 g/mol. The molecule has 0 unspecified atom stereocenters. The number of nitrogen functional groups attached to an aromatic ring is 1. The number of ether oxygens (including phenoxy) is 2. The third-order valence-corrected chi connectivity index (χ3v) is 4.16. The molecule has 0 fully saturated rings. The molecule has 2 rings (SSSR count). The van der Waals surface area contributed by atoms with Gasteiger partial charge in [-0.25, -0.2) is 0 Å². The molecule has 1 heterocycles. The number of carbonyl (C=O) groups excluding carboxylic acids is 1. The second-order valence-corrected chi connectivity index (χ2v) is 5.57. The average Bonchev–Trinajstić information content (AvgIpc) is 2.90. The van der Waals surface area contributed by atoms with Gasteiger partial charge >= 0.3 is 0 Å². The monoisotopic (exact) mass is 336 g/mol. The Morgan fingerprint density at radius 3 is 2.39 bits per heavy atom. The molecule has 0 bridgehead atoms. The lowest BCUT2D eigenvalue weighted by molar-refractivity contribution is 0.0960. The number of rotatable bonds is 7. The van der Waals surface area contributed by atoms with Gasteiger partial charge in [-0.2, -0.15) is 4.37 Å². The molecule has 0 spiro atoms. The number of aryl methyl sites for hydroxylation is 1. The van der Waals surface area contributed by atoms with Crippen LogP contribution in [0.2, 0.25) is 0 Å². The molecule has 0 radical (unpaired) electrons. The molecular formula is C15H20N4O3S. The summed E-state index contributed by atoms with van der Waals surface area (Å²) in [4.78, 5) is 12.5. The van der Waals surface area contributed by atoms with Gasteiger partial charge in [0, 0.05) is 37.0 Å². The van der Waals surface area contributed by atoms with Crippen LogP contribution in [0.15, 0.2) is 18.2 Å². The summed E-state index contributed by atoms with van der Waals surface area (Å²) in [7, 11) is 3.19. The fraction of sp³-hybridized carbons (Fsp3) is 0.333. The van der Waals surface area contributed by atoms with E-state index in [-0.39, 0.29) is 5.91 Å². The van der Waals surface area contributed by atoms with Crippen LogP contribution in [0.25, 0.3) is 0 Å². The van der Waals surface area contributed by atoms with Crippen molar-refractivity contribution in [3.8, 4) is 11.5 Å². The van der Waals surface area contributed by atoms with E-state index in [1.807, 2.05) is 12.1 Å². The minimum absolute atomic E-state index is 0.210. The zero-order chi connectivity index (χ0) is 16.8. The third-order valence-electron chi connectivity index (χ3n) is 3.21. The second kappa shape index (κ2) is 7.68. The number of nitrogens with one attached hydrogen (secondary N) is 2. The van der Waals surface area contributed by atoms with E-state index in [0.717, 1.165) is 17.2 Å². The highest BCUT2D eigenvalue weighted by atomic mass is 32.1.